The lowest BCUT2D eigenvalue weighted by Crippen LogP contribution is -2.18. The summed E-state index contributed by atoms with van der Waals surface area (Å²) in [4.78, 5) is 2.57. The van der Waals surface area contributed by atoms with Gasteiger partial charge in [-0.1, -0.05) is 172 Å². The molecule has 0 aromatic heterocycles. The van der Waals surface area contributed by atoms with Crippen molar-refractivity contribution < 1.29 is 0 Å². The summed E-state index contributed by atoms with van der Waals surface area (Å²) in [5.41, 5.74) is 19.1. The summed E-state index contributed by atoms with van der Waals surface area (Å²) in [6.07, 6.45) is 0. The van der Waals surface area contributed by atoms with E-state index in [0.29, 0.717) is 0 Å². The first kappa shape index (κ1) is 28.8. The molecule has 0 saturated carbocycles. The van der Waals surface area contributed by atoms with Crippen LogP contribution in [0.3, 0.4) is 0 Å². The van der Waals surface area contributed by atoms with E-state index < -0.39 is 0 Å². The first-order valence-electron chi connectivity index (χ1n) is 17.5. The Balaban J connectivity index is 1.32. The number of rotatable bonds is 5. The van der Waals surface area contributed by atoms with Gasteiger partial charge in [-0.05, 0) is 73.7 Å². The van der Waals surface area contributed by atoms with Gasteiger partial charge in [-0.15, -0.1) is 0 Å². The Labute approximate surface area is 293 Å². The highest BCUT2D eigenvalue weighted by atomic mass is 15.2. The topological polar surface area (TPSA) is 3.24 Å². The third-order valence-corrected chi connectivity index (χ3v) is 11.0. The van der Waals surface area contributed by atoms with Gasteiger partial charge in [0.1, 0.15) is 0 Å². The van der Waals surface area contributed by atoms with Crippen LogP contribution in [0.1, 0.15) is 25.0 Å². The molecule has 8 aromatic carbocycles. The fraction of sp³-hybridized carbons (Fsp3) is 0.0612. The summed E-state index contributed by atoms with van der Waals surface area (Å²) >= 11 is 0. The molecule has 2 aliphatic carbocycles. The summed E-state index contributed by atoms with van der Waals surface area (Å²) in [6, 6.07) is 64.7. The Bertz CT molecular complexity index is 2600. The van der Waals surface area contributed by atoms with Gasteiger partial charge in [-0.3, -0.25) is 0 Å². The summed E-state index contributed by atoms with van der Waals surface area (Å²) in [5.74, 6) is 0. The van der Waals surface area contributed by atoms with Crippen molar-refractivity contribution in [2.75, 3.05) is 4.90 Å². The van der Waals surface area contributed by atoms with E-state index in [1.165, 1.54) is 88.9 Å². The zero-order chi connectivity index (χ0) is 33.4. The number of fused-ring (bicyclic) bond motifs is 8. The van der Waals surface area contributed by atoms with Gasteiger partial charge in [0.15, 0.2) is 0 Å². The fourth-order valence-electron chi connectivity index (χ4n) is 8.69. The SMILES string of the molecule is CC1(C)c2ccccc2-c2c(N(c3ccc(-c4ccccc4)cc3)c3c4c(c(-c5ccccc5)c5ccccc35)-c3ccccc3-4)cccc21. The largest absolute Gasteiger partial charge is 0.309 e. The van der Waals surface area contributed by atoms with Crippen LogP contribution in [-0.4, -0.2) is 0 Å². The molecule has 0 atom stereocenters. The van der Waals surface area contributed by atoms with Crippen LogP contribution >= 0.6 is 0 Å². The lowest BCUT2D eigenvalue weighted by molar-refractivity contribution is 0.660. The lowest BCUT2D eigenvalue weighted by atomic mass is 9.73. The molecule has 0 heterocycles. The maximum atomic E-state index is 2.57. The summed E-state index contributed by atoms with van der Waals surface area (Å²) in [5, 5.41) is 2.51. The van der Waals surface area contributed by atoms with E-state index in [4.69, 9.17) is 0 Å². The van der Waals surface area contributed by atoms with Gasteiger partial charge in [-0.2, -0.15) is 0 Å². The minimum Gasteiger partial charge on any atom is -0.309 e. The molecular weight excluding hydrogens is 603 g/mol. The van der Waals surface area contributed by atoms with Gasteiger partial charge in [0.25, 0.3) is 0 Å². The summed E-state index contributed by atoms with van der Waals surface area (Å²) < 4.78 is 0. The zero-order valence-electron chi connectivity index (χ0n) is 28.2. The van der Waals surface area contributed by atoms with Crippen molar-refractivity contribution in [1.82, 2.24) is 0 Å². The standard InChI is InChI=1S/C49H35N/c1-49(2)41-25-14-13-24-40(41)45-42(49)26-15-27-43(45)50(35-30-28-33(29-31-35)32-16-5-3-6-17-32)48-39-23-12-11-22-38(39)44(34-18-7-4-8-19-34)46-36-20-9-10-21-37(36)47(46)48/h3-31H,1-2H3. The van der Waals surface area contributed by atoms with E-state index >= 15 is 0 Å². The molecule has 0 fully saturated rings. The van der Waals surface area contributed by atoms with Gasteiger partial charge in [0.2, 0.25) is 0 Å². The molecule has 1 nitrogen and oxygen atoms in total. The lowest BCUT2D eigenvalue weighted by Gasteiger charge is -2.37. The van der Waals surface area contributed by atoms with Gasteiger partial charge in [0, 0.05) is 33.2 Å². The molecule has 0 unspecified atom stereocenters. The number of hydrogen-bond donors (Lipinski definition) is 0. The smallest absolute Gasteiger partial charge is 0.0625 e. The predicted octanol–water partition coefficient (Wildman–Crippen LogP) is 13.6. The third-order valence-electron chi connectivity index (χ3n) is 11.0. The Kier molecular flexibility index (Phi) is 6.29. The second kappa shape index (κ2) is 10.9. The second-order valence-electron chi connectivity index (χ2n) is 14.0. The molecule has 0 bridgehead atoms. The number of anilines is 3. The highest BCUT2D eigenvalue weighted by Crippen LogP contribution is 2.62. The summed E-state index contributed by atoms with van der Waals surface area (Å²) in [6.45, 7) is 4.74. The van der Waals surface area contributed by atoms with Crippen molar-refractivity contribution in [1.29, 1.82) is 0 Å². The zero-order valence-corrected chi connectivity index (χ0v) is 28.2. The van der Waals surface area contributed by atoms with E-state index in [0.717, 1.165) is 5.69 Å². The van der Waals surface area contributed by atoms with Crippen molar-refractivity contribution in [3.8, 4) is 55.6 Å². The van der Waals surface area contributed by atoms with Crippen LogP contribution in [0.5, 0.6) is 0 Å². The Morgan fingerprint density at radius 3 is 1.62 bits per heavy atom. The van der Waals surface area contributed by atoms with E-state index in [2.05, 4.69) is 195 Å². The van der Waals surface area contributed by atoms with Crippen molar-refractivity contribution in [2.45, 2.75) is 19.3 Å². The van der Waals surface area contributed by atoms with E-state index in [-0.39, 0.29) is 5.41 Å². The second-order valence-corrected chi connectivity index (χ2v) is 14.0. The molecular formula is C49H35N. The minimum atomic E-state index is -0.109. The van der Waals surface area contributed by atoms with Crippen molar-refractivity contribution >= 4 is 27.8 Å². The van der Waals surface area contributed by atoms with Gasteiger partial charge in [0.05, 0.1) is 11.4 Å². The van der Waals surface area contributed by atoms with Crippen LogP contribution in [0.25, 0.3) is 66.4 Å². The normalized spacial score (nSPS) is 13.2. The molecule has 0 amide bonds. The van der Waals surface area contributed by atoms with Crippen LogP contribution in [0.4, 0.5) is 17.1 Å². The molecule has 0 spiro atoms. The van der Waals surface area contributed by atoms with Crippen molar-refractivity contribution in [3.63, 3.8) is 0 Å². The molecule has 50 heavy (non-hydrogen) atoms. The quantitative estimate of drug-likeness (QED) is 0.181. The average molecular weight is 638 g/mol. The van der Waals surface area contributed by atoms with Gasteiger partial charge in [-0.25, -0.2) is 0 Å². The number of benzene rings is 8. The highest BCUT2D eigenvalue weighted by Gasteiger charge is 2.39. The predicted molar refractivity (Wildman–Crippen MR) is 211 cm³/mol. The number of hydrogen-bond acceptors (Lipinski definition) is 1. The third kappa shape index (κ3) is 4.07. The first-order chi connectivity index (χ1) is 24.6. The first-order valence-corrected chi connectivity index (χ1v) is 17.5. The molecule has 2 aliphatic rings. The van der Waals surface area contributed by atoms with E-state index in [1.807, 2.05) is 0 Å². The van der Waals surface area contributed by atoms with Crippen LogP contribution in [-0.2, 0) is 5.41 Å². The van der Waals surface area contributed by atoms with Crippen LogP contribution in [0.15, 0.2) is 176 Å². The number of nitrogens with zero attached hydrogens (tertiary/aromatic N) is 1. The van der Waals surface area contributed by atoms with Crippen LogP contribution < -0.4 is 4.90 Å². The molecule has 0 N–H and O–H groups in total. The van der Waals surface area contributed by atoms with Gasteiger partial charge >= 0.3 is 0 Å². The van der Waals surface area contributed by atoms with Crippen molar-refractivity contribution in [2.24, 2.45) is 0 Å². The molecule has 0 aliphatic heterocycles. The van der Waals surface area contributed by atoms with E-state index in [1.54, 1.807) is 0 Å². The van der Waals surface area contributed by atoms with Gasteiger partial charge < -0.3 is 4.90 Å². The molecule has 0 saturated heterocycles. The molecule has 10 rings (SSSR count). The minimum absolute atomic E-state index is 0.109. The molecule has 0 radical (unpaired) electrons. The van der Waals surface area contributed by atoms with Crippen LogP contribution in [0, 0.1) is 0 Å². The summed E-state index contributed by atoms with van der Waals surface area (Å²) in [7, 11) is 0. The fourth-order valence-corrected chi connectivity index (χ4v) is 8.69. The molecule has 236 valence electrons. The maximum Gasteiger partial charge on any atom is 0.0625 e. The maximum absolute atomic E-state index is 2.57. The Morgan fingerprint density at radius 1 is 0.360 bits per heavy atom. The average Bonchev–Trinajstić information content (AvgIpc) is 3.41. The molecule has 1 heteroatoms. The monoisotopic (exact) mass is 637 g/mol. The Morgan fingerprint density at radius 2 is 0.900 bits per heavy atom. The Hall–Kier alpha value is -6.18. The van der Waals surface area contributed by atoms with Crippen LogP contribution in [0.2, 0.25) is 0 Å². The van der Waals surface area contributed by atoms with E-state index in [9.17, 15) is 0 Å². The molecule has 8 aromatic rings. The highest BCUT2D eigenvalue weighted by molar-refractivity contribution is 6.25. The van der Waals surface area contributed by atoms with Crippen molar-refractivity contribution in [3.05, 3.63) is 187 Å².